The molecule has 1 fully saturated rings. The minimum absolute atomic E-state index is 0.0457. The van der Waals surface area contributed by atoms with Crippen LogP contribution in [0.15, 0.2) is 36.7 Å². The highest BCUT2D eigenvalue weighted by molar-refractivity contribution is 7.52. The zero-order valence-electron chi connectivity index (χ0n) is 22.6. The Labute approximate surface area is 230 Å². The van der Waals surface area contributed by atoms with Crippen molar-refractivity contribution in [2.75, 3.05) is 25.6 Å². The number of aromatic nitrogens is 4. The van der Waals surface area contributed by atoms with E-state index in [1.54, 1.807) is 51.1 Å². The van der Waals surface area contributed by atoms with Gasteiger partial charge in [0, 0.05) is 0 Å². The van der Waals surface area contributed by atoms with Crippen LogP contribution in [0.2, 0.25) is 0 Å². The van der Waals surface area contributed by atoms with Gasteiger partial charge in [-0.2, -0.15) is 15.1 Å². The van der Waals surface area contributed by atoms with Crippen LogP contribution in [0.25, 0.3) is 11.2 Å². The third-order valence-corrected chi connectivity index (χ3v) is 7.78. The van der Waals surface area contributed by atoms with Gasteiger partial charge in [0.2, 0.25) is 11.8 Å². The number of imidazole rings is 1. The molecule has 0 saturated carbocycles. The zero-order valence-corrected chi connectivity index (χ0v) is 23.5. The molecule has 1 aliphatic rings. The molecular formula is C24H34N7O8P. The fourth-order valence-corrected chi connectivity index (χ4v) is 5.69. The predicted octanol–water partition coefficient (Wildman–Crippen LogP) is 1.53. The van der Waals surface area contributed by atoms with E-state index in [4.69, 9.17) is 34.7 Å². The van der Waals surface area contributed by atoms with E-state index in [-0.39, 0.29) is 29.8 Å². The minimum atomic E-state index is -4.19. The number of carbonyl (C=O) groups is 1. The first kappa shape index (κ1) is 29.6. The van der Waals surface area contributed by atoms with Crippen molar-refractivity contribution in [2.45, 2.75) is 57.7 Å². The molecule has 6 atom stereocenters. The van der Waals surface area contributed by atoms with Crippen LogP contribution in [0.3, 0.4) is 0 Å². The molecule has 0 radical (unpaired) electrons. The Morgan fingerprint density at radius 2 is 2.00 bits per heavy atom. The quantitative estimate of drug-likeness (QED) is 0.177. The third-order valence-electron chi connectivity index (χ3n) is 6.14. The van der Waals surface area contributed by atoms with Crippen molar-refractivity contribution in [3.8, 4) is 11.6 Å². The SMILES string of the molecule is CCOC(=O)[C@H](C)NP(=O)(OC[C@H]1O[C@@H](n2cnc3c(OCC)nc(N)nc32)[C@](C)(N)C1O)Oc1ccccc1. The number of aliphatic hydroxyl groups is 1. The number of nitrogens with two attached hydrogens (primary N) is 2. The molecule has 15 nitrogen and oxygen atoms in total. The molecule has 0 amide bonds. The van der Waals surface area contributed by atoms with E-state index in [0.717, 1.165) is 0 Å². The molecule has 0 bridgehead atoms. The van der Waals surface area contributed by atoms with Gasteiger partial charge in [-0.05, 0) is 39.8 Å². The van der Waals surface area contributed by atoms with Crippen LogP contribution in [0.1, 0.15) is 33.9 Å². The van der Waals surface area contributed by atoms with Gasteiger partial charge in [0.1, 0.15) is 24.0 Å². The second-order valence-electron chi connectivity index (χ2n) is 9.28. The van der Waals surface area contributed by atoms with E-state index in [1.165, 1.54) is 17.8 Å². The number of hydrogen-bond donors (Lipinski definition) is 4. The highest BCUT2D eigenvalue weighted by Crippen LogP contribution is 2.47. The molecule has 1 saturated heterocycles. The maximum Gasteiger partial charge on any atom is 0.459 e. The number of anilines is 1. The number of carbonyl (C=O) groups excluding carboxylic acids is 1. The Hall–Kier alpha value is -3.33. The van der Waals surface area contributed by atoms with E-state index in [9.17, 15) is 14.5 Å². The standard InChI is InChI=1S/C24H34N7O8P/c1-5-35-20-17-19(28-23(25)29-20)31(13-27-17)22-24(4,26)18(32)16(38-22)12-37-40(34,30-14(3)21(33)36-6-2)39-15-10-8-7-9-11-15/h7-11,13-14,16,18,22,32H,5-6,12,26H2,1-4H3,(H,30,34)(H2,25,28,29)/t14-,16+,18?,22+,24+,40?/m0/s1. The highest BCUT2D eigenvalue weighted by atomic mass is 31.2. The Kier molecular flexibility index (Phi) is 8.93. The van der Waals surface area contributed by atoms with Crippen LogP contribution < -0.4 is 25.8 Å². The van der Waals surface area contributed by atoms with E-state index < -0.39 is 50.3 Å². The van der Waals surface area contributed by atoms with Gasteiger partial charge in [0.15, 0.2) is 17.4 Å². The number of rotatable bonds is 12. The Morgan fingerprint density at radius 1 is 1.27 bits per heavy atom. The summed E-state index contributed by atoms with van der Waals surface area (Å²) in [4.78, 5) is 24.9. The Balaban J connectivity index is 1.57. The molecule has 3 heterocycles. The molecule has 2 aromatic heterocycles. The largest absolute Gasteiger partial charge is 0.476 e. The van der Waals surface area contributed by atoms with E-state index >= 15 is 0 Å². The average molecular weight is 580 g/mol. The van der Waals surface area contributed by atoms with Crippen LogP contribution in [-0.2, 0) is 23.4 Å². The molecule has 0 spiro atoms. The first-order chi connectivity index (χ1) is 19.0. The molecule has 3 aromatic rings. The Morgan fingerprint density at radius 3 is 2.67 bits per heavy atom. The number of fused-ring (bicyclic) bond motifs is 1. The number of aliphatic hydroxyl groups excluding tert-OH is 1. The van der Waals surface area contributed by atoms with Gasteiger partial charge < -0.3 is 35.3 Å². The van der Waals surface area contributed by atoms with Crippen molar-refractivity contribution in [2.24, 2.45) is 5.73 Å². The van der Waals surface area contributed by atoms with Gasteiger partial charge in [-0.25, -0.2) is 9.55 Å². The average Bonchev–Trinajstić information content (AvgIpc) is 3.41. The fraction of sp³-hybridized carbons (Fsp3) is 0.500. The zero-order chi connectivity index (χ0) is 29.1. The normalized spacial score (nSPS) is 24.9. The van der Waals surface area contributed by atoms with E-state index in [2.05, 4.69) is 20.0 Å². The van der Waals surface area contributed by atoms with Gasteiger partial charge in [-0.1, -0.05) is 18.2 Å². The Bertz CT molecular complexity index is 1370. The molecule has 4 rings (SSSR count). The molecule has 40 heavy (non-hydrogen) atoms. The van der Waals surface area contributed by atoms with Gasteiger partial charge in [-0.15, -0.1) is 0 Å². The summed E-state index contributed by atoms with van der Waals surface area (Å²) in [5.41, 5.74) is 11.7. The van der Waals surface area contributed by atoms with Gasteiger partial charge in [0.05, 0.1) is 31.7 Å². The molecule has 2 unspecified atom stereocenters. The summed E-state index contributed by atoms with van der Waals surface area (Å²) in [6.07, 6.45) is -1.90. The number of para-hydroxylation sites is 1. The van der Waals surface area contributed by atoms with Crippen LogP contribution >= 0.6 is 7.75 Å². The molecule has 1 aliphatic heterocycles. The molecule has 0 aliphatic carbocycles. The van der Waals surface area contributed by atoms with Crippen LogP contribution in [-0.4, -0.2) is 74.2 Å². The van der Waals surface area contributed by atoms with Gasteiger partial charge in [0.25, 0.3) is 0 Å². The van der Waals surface area contributed by atoms with E-state index in [1.807, 2.05) is 0 Å². The van der Waals surface area contributed by atoms with Gasteiger partial charge >= 0.3 is 13.7 Å². The van der Waals surface area contributed by atoms with Gasteiger partial charge in [-0.3, -0.25) is 13.9 Å². The highest BCUT2D eigenvalue weighted by Gasteiger charge is 2.53. The number of benzene rings is 1. The summed E-state index contributed by atoms with van der Waals surface area (Å²) in [7, 11) is -4.19. The maximum atomic E-state index is 13.8. The second-order valence-corrected chi connectivity index (χ2v) is 11.0. The smallest absolute Gasteiger partial charge is 0.459 e. The number of ether oxygens (including phenoxy) is 3. The third kappa shape index (κ3) is 6.19. The van der Waals surface area contributed by atoms with Crippen molar-refractivity contribution < 1.29 is 37.7 Å². The molecule has 6 N–H and O–H groups in total. The first-order valence-electron chi connectivity index (χ1n) is 12.7. The lowest BCUT2D eigenvalue weighted by Gasteiger charge is -2.28. The number of nitrogens with one attached hydrogen (secondary N) is 1. The molecule has 1 aromatic carbocycles. The van der Waals surface area contributed by atoms with Crippen molar-refractivity contribution in [3.63, 3.8) is 0 Å². The minimum Gasteiger partial charge on any atom is -0.476 e. The monoisotopic (exact) mass is 579 g/mol. The summed E-state index contributed by atoms with van der Waals surface area (Å²) in [6, 6.07) is 7.26. The number of esters is 1. The summed E-state index contributed by atoms with van der Waals surface area (Å²) in [5, 5.41) is 13.7. The predicted molar refractivity (Wildman–Crippen MR) is 143 cm³/mol. The maximum absolute atomic E-state index is 13.8. The lowest BCUT2D eigenvalue weighted by Crippen LogP contribution is -2.52. The van der Waals surface area contributed by atoms with Crippen molar-refractivity contribution >= 4 is 30.8 Å². The first-order valence-corrected chi connectivity index (χ1v) is 14.2. The molecular weight excluding hydrogens is 545 g/mol. The van der Waals surface area contributed by atoms with Crippen LogP contribution in [0.4, 0.5) is 5.95 Å². The summed E-state index contributed by atoms with van der Waals surface area (Å²) in [6.45, 7) is 6.56. The molecule has 16 heteroatoms. The van der Waals surface area contributed by atoms with Crippen molar-refractivity contribution in [1.29, 1.82) is 0 Å². The van der Waals surface area contributed by atoms with Crippen molar-refractivity contribution in [1.82, 2.24) is 24.6 Å². The summed E-state index contributed by atoms with van der Waals surface area (Å²) in [5.74, 6) is -0.261. The van der Waals surface area contributed by atoms with Crippen molar-refractivity contribution in [3.05, 3.63) is 36.7 Å². The van der Waals surface area contributed by atoms with E-state index in [0.29, 0.717) is 12.1 Å². The number of nitrogens with zero attached hydrogens (tertiary/aromatic N) is 4. The van der Waals surface area contributed by atoms with Crippen LogP contribution in [0.5, 0.6) is 11.6 Å². The topological polar surface area (TPSA) is 208 Å². The van der Waals surface area contributed by atoms with Crippen LogP contribution in [0, 0.1) is 0 Å². The summed E-state index contributed by atoms with van der Waals surface area (Å²) >= 11 is 0. The fourth-order valence-electron chi connectivity index (χ4n) is 4.18. The lowest BCUT2D eigenvalue weighted by atomic mass is 9.93. The summed E-state index contributed by atoms with van der Waals surface area (Å²) < 4.78 is 43.2. The second kappa shape index (κ2) is 12.0. The lowest BCUT2D eigenvalue weighted by molar-refractivity contribution is -0.144. The number of nitrogen functional groups attached to an aromatic ring is 1. The molecule has 218 valence electrons. The number of hydrogen-bond acceptors (Lipinski definition) is 13.